The lowest BCUT2D eigenvalue weighted by molar-refractivity contribution is -0.131. The lowest BCUT2D eigenvalue weighted by atomic mass is 9.45. The Bertz CT molecular complexity index is 810. The lowest BCUT2D eigenvalue weighted by Gasteiger charge is -2.60. The standard InChI is InChI=1S/C34H57NO.C3H9N.C3H8.CH5N.CH4O.CH4/c1-5-7-8-9-10-13-26-35(25-6-2)32(36)17-14-16-28-19-21-30-29-20-18-27-15-11-12-23-33(27,3)31(29)22-24-34(28,30)4;1-2-3-4;1-3-2;2*1-2;/h2,27-31H,5,7-26H2,1,3-4H3;2-4H2,1H3;3H2,1-2H3;2H2,1H3;2H,1H3;1H4/t27?,28-,29?,30?,31?,33-,34+;;;;;/m0...../s1. The van der Waals surface area contributed by atoms with Gasteiger partial charge in [-0.05, 0) is 131 Å². The monoisotopic (exact) mass is 678 g/mol. The number of aliphatic hydroxyl groups excluding tert-OH is 1. The molecule has 4 saturated carbocycles. The van der Waals surface area contributed by atoms with E-state index in [1.54, 1.807) is 0 Å². The lowest BCUT2D eigenvalue weighted by Crippen LogP contribution is -2.52. The number of unbranched alkanes of at least 4 members (excludes halogenated alkanes) is 5. The van der Waals surface area contributed by atoms with Crippen LogP contribution in [0.15, 0.2) is 0 Å². The molecule has 0 bridgehead atoms. The van der Waals surface area contributed by atoms with Gasteiger partial charge in [0.2, 0.25) is 5.91 Å². The molecule has 1 amide bonds. The van der Waals surface area contributed by atoms with Gasteiger partial charge in [-0.1, -0.05) is 106 Å². The Labute approximate surface area is 301 Å². The van der Waals surface area contributed by atoms with Crippen LogP contribution in [0.5, 0.6) is 0 Å². The minimum absolute atomic E-state index is 0. The summed E-state index contributed by atoms with van der Waals surface area (Å²) < 4.78 is 0. The average Bonchev–Trinajstić information content (AvgIpc) is 3.43. The first-order valence-corrected chi connectivity index (χ1v) is 20.2. The second-order valence-corrected chi connectivity index (χ2v) is 15.4. The molecule has 0 radical (unpaired) electrons. The summed E-state index contributed by atoms with van der Waals surface area (Å²) in [6.07, 6.45) is 33.3. The fourth-order valence-electron chi connectivity index (χ4n) is 10.0. The zero-order valence-electron chi connectivity index (χ0n) is 32.9. The maximum Gasteiger partial charge on any atom is 0.223 e. The molecule has 0 heterocycles. The third kappa shape index (κ3) is 14.6. The van der Waals surface area contributed by atoms with E-state index in [4.69, 9.17) is 17.3 Å². The minimum Gasteiger partial charge on any atom is -0.400 e. The quantitative estimate of drug-likeness (QED) is 0.134. The molecule has 4 fully saturated rings. The minimum atomic E-state index is 0. The van der Waals surface area contributed by atoms with Crippen LogP contribution in [0.1, 0.15) is 184 Å². The number of carbonyl (C=O) groups excluding carboxylic acids is 1. The van der Waals surface area contributed by atoms with Crippen molar-refractivity contribution in [1.29, 1.82) is 0 Å². The van der Waals surface area contributed by atoms with Gasteiger partial charge in [0.1, 0.15) is 0 Å². The Kier molecular flexibility index (Phi) is 29.2. The highest BCUT2D eigenvalue weighted by atomic mass is 16.2. The molecule has 0 saturated heterocycles. The zero-order valence-corrected chi connectivity index (χ0v) is 32.9. The van der Waals surface area contributed by atoms with Crippen molar-refractivity contribution in [2.75, 3.05) is 33.8 Å². The van der Waals surface area contributed by atoms with Crippen LogP contribution in [0.2, 0.25) is 0 Å². The first kappa shape index (κ1) is 49.0. The van der Waals surface area contributed by atoms with Crippen LogP contribution in [0, 0.1) is 52.8 Å². The van der Waals surface area contributed by atoms with E-state index >= 15 is 0 Å². The normalized spacial score (nSPS) is 29.3. The highest BCUT2D eigenvalue weighted by Gasteiger charge is 2.59. The fraction of sp³-hybridized carbons (Fsp3) is 0.930. The van der Waals surface area contributed by atoms with Gasteiger partial charge in [-0.25, -0.2) is 0 Å². The number of nitrogens with zero attached hydrogens (tertiary/aromatic N) is 1. The molecule has 0 aromatic heterocycles. The molecule has 5 heteroatoms. The van der Waals surface area contributed by atoms with E-state index in [-0.39, 0.29) is 7.43 Å². The van der Waals surface area contributed by atoms with Gasteiger partial charge in [-0.2, -0.15) is 0 Å². The van der Waals surface area contributed by atoms with E-state index in [9.17, 15) is 4.79 Å². The molecule has 0 aliphatic heterocycles. The largest absolute Gasteiger partial charge is 0.400 e. The van der Waals surface area contributed by atoms with Crippen molar-refractivity contribution < 1.29 is 9.90 Å². The molecule has 0 spiro atoms. The smallest absolute Gasteiger partial charge is 0.223 e. The third-order valence-corrected chi connectivity index (χ3v) is 12.4. The number of hydrogen-bond acceptors (Lipinski definition) is 4. The predicted molar refractivity (Wildman–Crippen MR) is 213 cm³/mol. The van der Waals surface area contributed by atoms with Crippen LogP contribution in [-0.4, -0.2) is 49.7 Å². The van der Waals surface area contributed by atoms with Crippen molar-refractivity contribution in [2.24, 2.45) is 51.9 Å². The zero-order chi connectivity index (χ0) is 35.7. The maximum absolute atomic E-state index is 13.0. The van der Waals surface area contributed by atoms with Gasteiger partial charge in [-0.3, -0.25) is 4.79 Å². The van der Waals surface area contributed by atoms with Crippen LogP contribution in [0.4, 0.5) is 0 Å². The third-order valence-electron chi connectivity index (χ3n) is 12.4. The summed E-state index contributed by atoms with van der Waals surface area (Å²) >= 11 is 0. The van der Waals surface area contributed by atoms with Crippen LogP contribution in [-0.2, 0) is 4.79 Å². The summed E-state index contributed by atoms with van der Waals surface area (Å²) in [4.78, 5) is 15.0. The highest BCUT2D eigenvalue weighted by Crippen LogP contribution is 2.67. The van der Waals surface area contributed by atoms with E-state index in [1.165, 1.54) is 116 Å². The Morgan fingerprint density at radius 1 is 0.812 bits per heavy atom. The van der Waals surface area contributed by atoms with E-state index in [0.717, 1.165) is 69.1 Å². The first-order chi connectivity index (χ1) is 22.8. The molecular formula is C43H87N3O2. The Hall–Kier alpha value is -1.09. The number of rotatable bonds is 13. The molecular weight excluding hydrogens is 590 g/mol. The van der Waals surface area contributed by atoms with Crippen molar-refractivity contribution >= 4 is 5.91 Å². The molecule has 7 atom stereocenters. The van der Waals surface area contributed by atoms with Crippen molar-refractivity contribution in [3.8, 4) is 12.3 Å². The van der Waals surface area contributed by atoms with Gasteiger partial charge in [-0.15, -0.1) is 6.42 Å². The number of aliphatic hydroxyl groups is 1. The summed E-state index contributed by atoms with van der Waals surface area (Å²) in [6, 6.07) is 0. The molecule has 0 aromatic carbocycles. The molecule has 4 rings (SSSR count). The summed E-state index contributed by atoms with van der Waals surface area (Å²) in [5.41, 5.74) is 10.7. The predicted octanol–water partition coefficient (Wildman–Crippen LogP) is 10.6. The number of amides is 1. The summed E-state index contributed by atoms with van der Waals surface area (Å²) in [5.74, 6) is 7.81. The Morgan fingerprint density at radius 2 is 1.42 bits per heavy atom. The van der Waals surface area contributed by atoms with Gasteiger partial charge in [0, 0.05) is 20.1 Å². The topological polar surface area (TPSA) is 92.6 Å². The van der Waals surface area contributed by atoms with Gasteiger partial charge >= 0.3 is 0 Å². The second-order valence-electron chi connectivity index (χ2n) is 15.4. The van der Waals surface area contributed by atoms with Crippen LogP contribution < -0.4 is 11.5 Å². The average molecular weight is 678 g/mol. The van der Waals surface area contributed by atoms with Gasteiger partial charge in [0.25, 0.3) is 0 Å². The number of terminal acetylenes is 1. The Balaban J connectivity index is 0. The second kappa shape index (κ2) is 28.6. The first-order valence-electron chi connectivity index (χ1n) is 20.2. The van der Waals surface area contributed by atoms with Gasteiger partial charge in [0.05, 0.1) is 6.54 Å². The fourth-order valence-corrected chi connectivity index (χ4v) is 10.0. The van der Waals surface area contributed by atoms with Crippen LogP contribution in [0.25, 0.3) is 0 Å². The SMILES string of the molecule is C.C#CCN(CCCCCCCC)C(=O)CCC[C@H]1CCC2C3CCC4CCCC[C@]4(C)C3CC[C@@]21C.CCC.CCCN.CN.CO. The number of carbonyl (C=O) groups is 1. The molecule has 4 aliphatic carbocycles. The summed E-state index contributed by atoms with van der Waals surface area (Å²) in [5, 5.41) is 7.00. The maximum atomic E-state index is 13.0. The molecule has 4 unspecified atom stereocenters. The van der Waals surface area contributed by atoms with Gasteiger partial charge < -0.3 is 21.5 Å². The van der Waals surface area contributed by atoms with E-state index in [1.807, 2.05) is 4.90 Å². The molecule has 48 heavy (non-hydrogen) atoms. The molecule has 0 aromatic rings. The molecule has 5 N–H and O–H groups in total. The summed E-state index contributed by atoms with van der Waals surface area (Å²) in [7, 11) is 2.50. The van der Waals surface area contributed by atoms with Crippen molar-refractivity contribution in [1.82, 2.24) is 4.90 Å². The summed E-state index contributed by atoms with van der Waals surface area (Å²) in [6.45, 7) is 16.1. The van der Waals surface area contributed by atoms with E-state index in [2.05, 4.69) is 53.2 Å². The number of nitrogens with two attached hydrogens (primary N) is 2. The van der Waals surface area contributed by atoms with E-state index < -0.39 is 0 Å². The van der Waals surface area contributed by atoms with Gasteiger partial charge in [0.15, 0.2) is 0 Å². The molecule has 286 valence electrons. The van der Waals surface area contributed by atoms with Crippen molar-refractivity contribution in [3.05, 3.63) is 0 Å². The molecule has 4 aliphatic rings. The van der Waals surface area contributed by atoms with Crippen LogP contribution in [0.3, 0.4) is 0 Å². The number of hydrogen-bond donors (Lipinski definition) is 3. The van der Waals surface area contributed by atoms with Crippen molar-refractivity contribution in [3.63, 3.8) is 0 Å². The van der Waals surface area contributed by atoms with E-state index in [0.29, 0.717) is 29.7 Å². The number of fused-ring (bicyclic) bond motifs is 5. The van der Waals surface area contributed by atoms with Crippen LogP contribution >= 0.6 is 0 Å². The highest BCUT2D eigenvalue weighted by molar-refractivity contribution is 5.76. The van der Waals surface area contributed by atoms with Crippen molar-refractivity contribution in [2.45, 2.75) is 184 Å². The Morgan fingerprint density at radius 3 is 2.02 bits per heavy atom. The molecule has 5 nitrogen and oxygen atoms in total.